The molecule has 1 aliphatic rings. The number of rotatable bonds is 7. The Hall–Kier alpha value is -2.56. The van der Waals surface area contributed by atoms with Gasteiger partial charge in [0.2, 0.25) is 5.88 Å². The van der Waals surface area contributed by atoms with Crippen molar-refractivity contribution in [2.45, 2.75) is 52.2 Å². The first kappa shape index (κ1) is 18.2. The van der Waals surface area contributed by atoms with Crippen LogP contribution in [-0.4, -0.2) is 23.6 Å². The van der Waals surface area contributed by atoms with Crippen LogP contribution in [0.5, 0.6) is 11.6 Å². The van der Waals surface area contributed by atoms with E-state index in [0.29, 0.717) is 12.4 Å². The van der Waals surface area contributed by atoms with Crippen LogP contribution in [0.2, 0.25) is 0 Å². The normalized spacial score (nSPS) is 14.2. The summed E-state index contributed by atoms with van der Waals surface area (Å²) in [5.74, 6) is 1.26. The van der Waals surface area contributed by atoms with Crippen molar-refractivity contribution in [3.63, 3.8) is 0 Å². The van der Waals surface area contributed by atoms with E-state index in [-0.39, 0.29) is 18.6 Å². The van der Waals surface area contributed by atoms with Crippen molar-refractivity contribution in [2.24, 2.45) is 0 Å². The van der Waals surface area contributed by atoms with Gasteiger partial charge in [-0.25, -0.2) is 4.98 Å². The molecule has 0 atom stereocenters. The minimum absolute atomic E-state index is 0.00219. The molecule has 0 radical (unpaired) electrons. The summed E-state index contributed by atoms with van der Waals surface area (Å²) in [5.41, 5.74) is 3.02. The van der Waals surface area contributed by atoms with Gasteiger partial charge in [-0.1, -0.05) is 18.2 Å². The van der Waals surface area contributed by atoms with E-state index in [1.165, 1.54) is 12.8 Å². The van der Waals surface area contributed by atoms with E-state index in [2.05, 4.69) is 10.3 Å². The van der Waals surface area contributed by atoms with Gasteiger partial charge in [-0.05, 0) is 62.3 Å². The fraction of sp³-hybridized carbons (Fsp3) is 0.429. The van der Waals surface area contributed by atoms with Gasteiger partial charge < -0.3 is 14.8 Å². The van der Waals surface area contributed by atoms with Crippen molar-refractivity contribution < 1.29 is 14.3 Å². The Bertz CT molecular complexity index is 734. The third-order valence-electron chi connectivity index (χ3n) is 4.63. The maximum Gasteiger partial charge on any atom is 0.258 e. The fourth-order valence-electron chi connectivity index (χ4n) is 3.22. The van der Waals surface area contributed by atoms with E-state index in [1.807, 2.05) is 44.2 Å². The molecule has 0 saturated heterocycles. The number of ether oxygens (including phenoxy) is 2. The predicted molar refractivity (Wildman–Crippen MR) is 100 cm³/mol. The number of benzene rings is 1. The number of carbonyl (C=O) groups is 1. The van der Waals surface area contributed by atoms with E-state index in [0.717, 1.165) is 35.3 Å². The molecule has 5 heteroatoms. The average Bonchev–Trinajstić information content (AvgIpc) is 3.13. The lowest BCUT2D eigenvalue weighted by atomic mass is 10.1. The van der Waals surface area contributed by atoms with E-state index < -0.39 is 0 Å². The monoisotopic (exact) mass is 354 g/mol. The van der Waals surface area contributed by atoms with Crippen LogP contribution in [0.4, 0.5) is 0 Å². The molecular weight excluding hydrogens is 328 g/mol. The molecule has 3 rings (SSSR count). The topological polar surface area (TPSA) is 60.5 Å². The van der Waals surface area contributed by atoms with Crippen molar-refractivity contribution in [1.82, 2.24) is 10.3 Å². The predicted octanol–water partition coefficient (Wildman–Crippen LogP) is 3.72. The molecule has 0 unspecified atom stereocenters. The van der Waals surface area contributed by atoms with Gasteiger partial charge in [-0.2, -0.15) is 0 Å². The highest BCUT2D eigenvalue weighted by Crippen LogP contribution is 2.23. The summed E-state index contributed by atoms with van der Waals surface area (Å²) in [7, 11) is 0. The number of aromatic nitrogens is 1. The maximum absolute atomic E-state index is 12.1. The smallest absolute Gasteiger partial charge is 0.258 e. The second kappa shape index (κ2) is 8.70. The molecule has 138 valence electrons. The SMILES string of the molecule is Cc1cccc(C)c1OCC(=O)NCc1ccnc(OC2CCCC2)c1. The number of aryl methyl sites for hydroxylation is 2. The molecule has 2 aromatic rings. The fourth-order valence-corrected chi connectivity index (χ4v) is 3.22. The van der Waals surface area contributed by atoms with Crippen LogP contribution in [0.1, 0.15) is 42.4 Å². The van der Waals surface area contributed by atoms with Crippen molar-refractivity contribution >= 4 is 5.91 Å². The molecule has 1 saturated carbocycles. The number of nitrogens with zero attached hydrogens (tertiary/aromatic N) is 1. The lowest BCUT2D eigenvalue weighted by Crippen LogP contribution is -2.28. The molecule has 26 heavy (non-hydrogen) atoms. The molecule has 1 aromatic carbocycles. The number of amides is 1. The van der Waals surface area contributed by atoms with Gasteiger partial charge in [-0.3, -0.25) is 4.79 Å². The number of carbonyl (C=O) groups excluding carboxylic acids is 1. The highest BCUT2D eigenvalue weighted by Gasteiger charge is 2.17. The quantitative estimate of drug-likeness (QED) is 0.823. The van der Waals surface area contributed by atoms with Gasteiger partial charge in [0, 0.05) is 18.8 Å². The zero-order chi connectivity index (χ0) is 18.4. The van der Waals surface area contributed by atoms with Gasteiger partial charge in [0.15, 0.2) is 6.61 Å². The Kier molecular flexibility index (Phi) is 6.10. The molecule has 1 heterocycles. The summed E-state index contributed by atoms with van der Waals surface area (Å²) >= 11 is 0. The summed E-state index contributed by atoms with van der Waals surface area (Å²) in [6.07, 6.45) is 6.63. The molecule has 1 aromatic heterocycles. The van der Waals surface area contributed by atoms with Crippen molar-refractivity contribution in [2.75, 3.05) is 6.61 Å². The molecule has 0 aliphatic heterocycles. The Morgan fingerprint density at radius 3 is 2.65 bits per heavy atom. The first-order valence-corrected chi connectivity index (χ1v) is 9.19. The molecule has 1 fully saturated rings. The maximum atomic E-state index is 12.1. The largest absolute Gasteiger partial charge is 0.483 e. The average molecular weight is 354 g/mol. The van der Waals surface area contributed by atoms with Gasteiger partial charge in [0.05, 0.1) is 0 Å². The van der Waals surface area contributed by atoms with Crippen LogP contribution >= 0.6 is 0 Å². The Morgan fingerprint density at radius 1 is 1.19 bits per heavy atom. The number of hydrogen-bond acceptors (Lipinski definition) is 4. The minimum atomic E-state index is -0.150. The Morgan fingerprint density at radius 2 is 1.92 bits per heavy atom. The van der Waals surface area contributed by atoms with Gasteiger partial charge in [0.25, 0.3) is 5.91 Å². The summed E-state index contributed by atoms with van der Waals surface area (Å²) < 4.78 is 11.6. The summed E-state index contributed by atoms with van der Waals surface area (Å²) in [6.45, 7) is 4.38. The Labute approximate surface area is 154 Å². The lowest BCUT2D eigenvalue weighted by molar-refractivity contribution is -0.123. The molecule has 0 spiro atoms. The van der Waals surface area contributed by atoms with Crippen molar-refractivity contribution in [3.05, 3.63) is 53.2 Å². The van der Waals surface area contributed by atoms with Gasteiger partial charge >= 0.3 is 0 Å². The summed E-state index contributed by atoms with van der Waals surface area (Å²) in [4.78, 5) is 16.4. The van der Waals surface area contributed by atoms with Gasteiger partial charge in [0.1, 0.15) is 11.9 Å². The van der Waals surface area contributed by atoms with Crippen LogP contribution in [0.15, 0.2) is 36.5 Å². The standard InChI is InChI=1S/C21H26N2O3/c1-15-6-5-7-16(2)21(15)25-14-19(24)23-13-17-10-11-22-20(12-17)26-18-8-3-4-9-18/h5-7,10-12,18H,3-4,8-9,13-14H2,1-2H3,(H,23,24). The third-order valence-corrected chi connectivity index (χ3v) is 4.63. The third kappa shape index (κ3) is 4.97. The van der Waals surface area contributed by atoms with Crippen molar-refractivity contribution in [1.29, 1.82) is 0 Å². The van der Waals surface area contributed by atoms with Crippen LogP contribution < -0.4 is 14.8 Å². The summed E-state index contributed by atoms with van der Waals surface area (Å²) in [5, 5.41) is 2.88. The minimum Gasteiger partial charge on any atom is -0.483 e. The zero-order valence-corrected chi connectivity index (χ0v) is 15.5. The van der Waals surface area contributed by atoms with E-state index in [1.54, 1.807) is 6.20 Å². The van der Waals surface area contributed by atoms with Crippen LogP contribution in [0, 0.1) is 13.8 Å². The van der Waals surface area contributed by atoms with Crippen LogP contribution in [0.3, 0.4) is 0 Å². The van der Waals surface area contributed by atoms with E-state index >= 15 is 0 Å². The van der Waals surface area contributed by atoms with Crippen LogP contribution in [0.25, 0.3) is 0 Å². The van der Waals surface area contributed by atoms with E-state index in [9.17, 15) is 4.79 Å². The Balaban J connectivity index is 1.48. The molecule has 1 amide bonds. The molecule has 0 bridgehead atoms. The second-order valence-electron chi connectivity index (χ2n) is 6.81. The number of para-hydroxylation sites is 1. The number of nitrogens with one attached hydrogen (secondary N) is 1. The molecule has 1 aliphatic carbocycles. The number of hydrogen-bond donors (Lipinski definition) is 1. The van der Waals surface area contributed by atoms with E-state index in [4.69, 9.17) is 9.47 Å². The van der Waals surface area contributed by atoms with Gasteiger partial charge in [-0.15, -0.1) is 0 Å². The first-order valence-electron chi connectivity index (χ1n) is 9.19. The molecule has 5 nitrogen and oxygen atoms in total. The highest BCUT2D eigenvalue weighted by atomic mass is 16.5. The zero-order valence-electron chi connectivity index (χ0n) is 15.5. The second-order valence-corrected chi connectivity index (χ2v) is 6.81. The highest BCUT2D eigenvalue weighted by molar-refractivity contribution is 5.77. The molecular formula is C21H26N2O3. The van der Waals surface area contributed by atoms with Crippen molar-refractivity contribution in [3.8, 4) is 11.6 Å². The lowest BCUT2D eigenvalue weighted by Gasteiger charge is -2.13. The molecule has 1 N–H and O–H groups in total. The summed E-state index contributed by atoms with van der Waals surface area (Å²) in [6, 6.07) is 9.71. The first-order chi connectivity index (χ1) is 12.6. The number of pyridine rings is 1. The van der Waals surface area contributed by atoms with Crippen LogP contribution in [-0.2, 0) is 11.3 Å².